The van der Waals surface area contributed by atoms with Gasteiger partial charge in [0.05, 0.1) is 11.1 Å². The molecule has 1 aliphatic heterocycles. The van der Waals surface area contributed by atoms with Crippen LogP contribution in [0.2, 0.25) is 5.02 Å². The predicted octanol–water partition coefficient (Wildman–Crippen LogP) is 5.96. The average molecular weight is 450 g/mol. The molecule has 5 rings (SSSR count). The minimum Gasteiger partial charge on any atom is -0.478 e. The van der Waals surface area contributed by atoms with Crippen LogP contribution in [0.5, 0.6) is 5.75 Å². The van der Waals surface area contributed by atoms with E-state index in [1.165, 1.54) is 12.1 Å². The van der Waals surface area contributed by atoms with E-state index in [9.17, 15) is 9.18 Å². The van der Waals surface area contributed by atoms with E-state index in [-0.39, 0.29) is 11.4 Å². The Bertz CT molecular complexity index is 1350. The molecular formula is C26H21ClFNO3. The standard InChI is InChI=1S/C26H21ClFNO3/c1-16-21-10-11-23-22(14-29(15-31-23)13-12-17-2-8-20(28)9-3-17)25(21)32-26(30)24(16)18-4-6-19(27)7-5-18/h2-11H,12-15H2,1H3. The molecule has 162 valence electrons. The van der Waals surface area contributed by atoms with Crippen molar-refractivity contribution in [3.63, 3.8) is 0 Å². The highest BCUT2D eigenvalue weighted by molar-refractivity contribution is 6.30. The van der Waals surface area contributed by atoms with Crippen LogP contribution in [0.1, 0.15) is 16.7 Å². The Hall–Kier alpha value is -3.15. The summed E-state index contributed by atoms with van der Waals surface area (Å²) in [6.07, 6.45) is 0.771. The number of aryl methyl sites for hydroxylation is 1. The van der Waals surface area contributed by atoms with Crippen LogP contribution >= 0.6 is 11.6 Å². The third-order valence-electron chi connectivity index (χ3n) is 5.94. The molecule has 0 aliphatic carbocycles. The Morgan fingerprint density at radius 2 is 1.78 bits per heavy atom. The van der Waals surface area contributed by atoms with Gasteiger partial charge in [0, 0.05) is 23.5 Å². The van der Waals surface area contributed by atoms with Crippen LogP contribution in [0.25, 0.3) is 22.1 Å². The molecule has 0 spiro atoms. The van der Waals surface area contributed by atoms with Gasteiger partial charge in [-0.2, -0.15) is 0 Å². The van der Waals surface area contributed by atoms with Gasteiger partial charge in [-0.15, -0.1) is 0 Å². The lowest BCUT2D eigenvalue weighted by atomic mass is 9.97. The Labute approximate surface area is 189 Å². The SMILES string of the molecule is Cc1c(-c2ccc(Cl)cc2)c(=O)oc2c3c(ccc12)OCN(CCc1ccc(F)cc1)C3. The van der Waals surface area contributed by atoms with Crippen LogP contribution < -0.4 is 10.4 Å². The van der Waals surface area contributed by atoms with Gasteiger partial charge in [0.2, 0.25) is 0 Å². The molecule has 3 aromatic carbocycles. The largest absolute Gasteiger partial charge is 0.478 e. The van der Waals surface area contributed by atoms with Crippen LogP contribution in [-0.2, 0) is 13.0 Å². The molecular weight excluding hydrogens is 429 g/mol. The Morgan fingerprint density at radius 1 is 1.03 bits per heavy atom. The predicted molar refractivity (Wildman–Crippen MR) is 124 cm³/mol. The summed E-state index contributed by atoms with van der Waals surface area (Å²) in [6.45, 7) is 3.74. The van der Waals surface area contributed by atoms with Crippen molar-refractivity contribution in [2.75, 3.05) is 13.3 Å². The summed E-state index contributed by atoms with van der Waals surface area (Å²) >= 11 is 6.00. The molecule has 6 heteroatoms. The van der Waals surface area contributed by atoms with Gasteiger partial charge in [-0.05, 0) is 66.4 Å². The summed E-state index contributed by atoms with van der Waals surface area (Å²) in [6, 6.07) is 17.6. The third-order valence-corrected chi connectivity index (χ3v) is 6.19. The number of nitrogens with zero attached hydrogens (tertiary/aromatic N) is 1. The highest BCUT2D eigenvalue weighted by Crippen LogP contribution is 2.35. The van der Waals surface area contributed by atoms with E-state index in [0.717, 1.165) is 46.4 Å². The average Bonchev–Trinajstić information content (AvgIpc) is 2.80. The molecule has 0 radical (unpaired) electrons. The van der Waals surface area contributed by atoms with Gasteiger partial charge >= 0.3 is 5.63 Å². The summed E-state index contributed by atoms with van der Waals surface area (Å²) < 4.78 is 24.9. The monoisotopic (exact) mass is 449 g/mol. The summed E-state index contributed by atoms with van der Waals surface area (Å²) in [7, 11) is 0. The zero-order valence-electron chi connectivity index (χ0n) is 17.5. The smallest absolute Gasteiger partial charge is 0.344 e. The fourth-order valence-corrected chi connectivity index (χ4v) is 4.33. The number of halogens is 2. The van der Waals surface area contributed by atoms with Crippen LogP contribution in [0.4, 0.5) is 4.39 Å². The Balaban J connectivity index is 1.47. The second-order valence-electron chi connectivity index (χ2n) is 8.02. The zero-order valence-corrected chi connectivity index (χ0v) is 18.3. The van der Waals surface area contributed by atoms with Gasteiger partial charge in [0.1, 0.15) is 23.9 Å². The molecule has 0 atom stereocenters. The first kappa shape index (κ1) is 20.7. The molecule has 4 nitrogen and oxygen atoms in total. The van der Waals surface area contributed by atoms with Crippen molar-refractivity contribution in [3.05, 3.63) is 98.6 Å². The van der Waals surface area contributed by atoms with Crippen molar-refractivity contribution < 1.29 is 13.5 Å². The highest BCUT2D eigenvalue weighted by Gasteiger charge is 2.23. The van der Waals surface area contributed by atoms with E-state index >= 15 is 0 Å². The number of rotatable bonds is 4. The maximum atomic E-state index is 13.1. The maximum absolute atomic E-state index is 13.1. The van der Waals surface area contributed by atoms with Crippen molar-refractivity contribution in [1.82, 2.24) is 4.90 Å². The molecule has 32 heavy (non-hydrogen) atoms. The first-order valence-electron chi connectivity index (χ1n) is 10.4. The molecule has 0 amide bonds. The van der Waals surface area contributed by atoms with Gasteiger partial charge in [-0.1, -0.05) is 35.9 Å². The van der Waals surface area contributed by atoms with Crippen molar-refractivity contribution in [3.8, 4) is 16.9 Å². The van der Waals surface area contributed by atoms with Gasteiger partial charge in [-0.3, -0.25) is 4.90 Å². The highest BCUT2D eigenvalue weighted by atomic mass is 35.5. The van der Waals surface area contributed by atoms with Gasteiger partial charge in [-0.25, -0.2) is 9.18 Å². The van der Waals surface area contributed by atoms with Crippen LogP contribution in [0, 0.1) is 12.7 Å². The van der Waals surface area contributed by atoms with E-state index in [4.69, 9.17) is 20.8 Å². The number of hydrogen-bond donors (Lipinski definition) is 0. The molecule has 1 aliphatic rings. The van der Waals surface area contributed by atoms with Crippen molar-refractivity contribution in [1.29, 1.82) is 0 Å². The van der Waals surface area contributed by atoms with Gasteiger partial charge < -0.3 is 9.15 Å². The van der Waals surface area contributed by atoms with E-state index in [1.54, 1.807) is 24.3 Å². The summed E-state index contributed by atoms with van der Waals surface area (Å²) in [4.78, 5) is 15.1. The lowest BCUT2D eigenvalue weighted by Gasteiger charge is -2.29. The number of hydrogen-bond acceptors (Lipinski definition) is 4. The van der Waals surface area contributed by atoms with Crippen LogP contribution in [0.15, 0.2) is 69.9 Å². The first-order chi connectivity index (χ1) is 15.5. The van der Waals surface area contributed by atoms with E-state index in [2.05, 4.69) is 4.90 Å². The van der Waals surface area contributed by atoms with E-state index in [0.29, 0.717) is 29.4 Å². The Morgan fingerprint density at radius 3 is 2.53 bits per heavy atom. The zero-order chi connectivity index (χ0) is 22.2. The minimum absolute atomic E-state index is 0.237. The fourth-order valence-electron chi connectivity index (χ4n) is 4.20. The molecule has 0 saturated carbocycles. The van der Waals surface area contributed by atoms with Crippen molar-refractivity contribution >= 4 is 22.6 Å². The fraction of sp³-hybridized carbons (Fsp3) is 0.192. The number of benzene rings is 3. The summed E-state index contributed by atoms with van der Waals surface area (Å²) in [5.74, 6) is 0.496. The molecule has 0 fully saturated rings. The lowest BCUT2D eigenvalue weighted by molar-refractivity contribution is 0.0968. The topological polar surface area (TPSA) is 42.7 Å². The van der Waals surface area contributed by atoms with Gasteiger partial charge in [0.25, 0.3) is 0 Å². The normalized spacial score (nSPS) is 13.7. The molecule has 2 heterocycles. The quantitative estimate of drug-likeness (QED) is 0.361. The van der Waals surface area contributed by atoms with Crippen LogP contribution in [0.3, 0.4) is 0 Å². The van der Waals surface area contributed by atoms with Gasteiger partial charge in [0.15, 0.2) is 0 Å². The second kappa shape index (κ2) is 8.41. The summed E-state index contributed by atoms with van der Waals surface area (Å²) in [5.41, 5.74) is 4.30. The molecule has 0 N–H and O–H groups in total. The second-order valence-corrected chi connectivity index (χ2v) is 8.45. The molecule has 0 unspecified atom stereocenters. The molecule has 0 bridgehead atoms. The molecule has 0 saturated heterocycles. The van der Waals surface area contributed by atoms with E-state index in [1.807, 2.05) is 31.2 Å². The Kier molecular flexibility index (Phi) is 5.45. The molecule has 4 aromatic rings. The first-order valence-corrected chi connectivity index (χ1v) is 10.8. The van der Waals surface area contributed by atoms with Crippen molar-refractivity contribution in [2.45, 2.75) is 19.9 Å². The number of ether oxygens (including phenoxy) is 1. The van der Waals surface area contributed by atoms with Crippen molar-refractivity contribution in [2.24, 2.45) is 0 Å². The summed E-state index contributed by atoms with van der Waals surface area (Å²) in [5, 5.41) is 1.50. The minimum atomic E-state index is -0.380. The lowest BCUT2D eigenvalue weighted by Crippen LogP contribution is -2.33. The van der Waals surface area contributed by atoms with Crippen LogP contribution in [-0.4, -0.2) is 18.2 Å². The maximum Gasteiger partial charge on any atom is 0.344 e. The molecule has 1 aromatic heterocycles. The number of fused-ring (bicyclic) bond motifs is 3. The third kappa shape index (κ3) is 3.90. The van der Waals surface area contributed by atoms with E-state index < -0.39 is 0 Å².